The van der Waals surface area contributed by atoms with E-state index in [1.807, 2.05) is 37.3 Å². The molecule has 8 heteroatoms. The Labute approximate surface area is 196 Å². The summed E-state index contributed by atoms with van der Waals surface area (Å²) in [7, 11) is 0. The Morgan fingerprint density at radius 3 is 2.77 bits per heavy atom. The van der Waals surface area contributed by atoms with Gasteiger partial charge in [0.2, 0.25) is 0 Å². The highest BCUT2D eigenvalue weighted by atomic mass is 35.5. The molecular formula is C23H32Cl2N4O2. The van der Waals surface area contributed by atoms with E-state index in [0.29, 0.717) is 41.6 Å². The Morgan fingerprint density at radius 1 is 1.19 bits per heavy atom. The first-order valence-electron chi connectivity index (χ1n) is 11.0. The topological polar surface area (TPSA) is 70.4 Å². The lowest BCUT2D eigenvalue weighted by molar-refractivity contribution is -0.0371. The van der Waals surface area contributed by atoms with E-state index >= 15 is 0 Å². The number of hydrogen-bond acceptors (Lipinski definition) is 5. The van der Waals surface area contributed by atoms with E-state index < -0.39 is 0 Å². The van der Waals surface area contributed by atoms with Crippen LogP contribution in [-0.2, 0) is 0 Å². The Kier molecular flexibility index (Phi) is 8.03. The third kappa shape index (κ3) is 4.63. The molecule has 4 atom stereocenters. The normalized spacial score (nSPS) is 27.4. The van der Waals surface area contributed by atoms with Gasteiger partial charge >= 0.3 is 0 Å². The standard InChI is InChI=1S/C23H30N4O2.2ClH/c1-15-21(22(26-29-15)16-7-3-2-4-8-16)23(28)25-14-20-18-11-17(12-24-13-18)19-9-5-6-10-27(19)20;;/h2-4,7-8,17-20,24H,5-6,9-14H2,1H3,(H,25,28);2*1H/t17-,18+,19+,20+;;/m1../s1. The second kappa shape index (κ2) is 10.3. The molecule has 5 rings (SSSR count). The SMILES string of the molecule is Cc1onc(-c2ccccc2)c1C(=O)NC[C@H]1[C@@H]2CNC[C@@H](C2)[C@@H]2CCCCN21.Cl.Cl. The van der Waals surface area contributed by atoms with Gasteiger partial charge in [-0.3, -0.25) is 9.69 Å². The number of nitrogens with one attached hydrogen (secondary N) is 2. The van der Waals surface area contributed by atoms with Gasteiger partial charge in [0, 0.05) is 24.2 Å². The average molecular weight is 467 g/mol. The molecule has 1 amide bonds. The molecule has 3 fully saturated rings. The van der Waals surface area contributed by atoms with Crippen LogP contribution in [0.2, 0.25) is 0 Å². The largest absolute Gasteiger partial charge is 0.360 e. The smallest absolute Gasteiger partial charge is 0.257 e. The molecule has 6 nitrogen and oxygen atoms in total. The molecule has 3 aliphatic heterocycles. The van der Waals surface area contributed by atoms with Gasteiger partial charge in [-0.1, -0.05) is 41.9 Å². The summed E-state index contributed by atoms with van der Waals surface area (Å²) in [5.74, 6) is 1.87. The lowest BCUT2D eigenvalue weighted by Gasteiger charge is -2.55. The molecule has 0 aliphatic carbocycles. The van der Waals surface area contributed by atoms with Crippen molar-refractivity contribution in [2.45, 2.75) is 44.7 Å². The lowest BCUT2D eigenvalue weighted by atomic mass is 9.73. The molecule has 0 unspecified atom stereocenters. The van der Waals surface area contributed by atoms with Crippen molar-refractivity contribution in [2.24, 2.45) is 11.8 Å². The Hall–Kier alpha value is -1.60. The first kappa shape index (κ1) is 24.1. The summed E-state index contributed by atoms with van der Waals surface area (Å²) in [6.45, 7) is 5.87. The Morgan fingerprint density at radius 2 is 1.97 bits per heavy atom. The number of rotatable bonds is 4. The summed E-state index contributed by atoms with van der Waals surface area (Å²) >= 11 is 0. The third-order valence-corrected chi connectivity index (χ3v) is 7.13. The first-order chi connectivity index (χ1) is 14.2. The van der Waals surface area contributed by atoms with Crippen LogP contribution in [0.4, 0.5) is 0 Å². The molecule has 1 aromatic heterocycles. The second-order valence-corrected chi connectivity index (χ2v) is 8.82. The molecular weight excluding hydrogens is 435 g/mol. The maximum absolute atomic E-state index is 13.2. The highest BCUT2D eigenvalue weighted by molar-refractivity contribution is 6.00. The summed E-state index contributed by atoms with van der Waals surface area (Å²) in [6.07, 6.45) is 5.20. The van der Waals surface area contributed by atoms with Crippen molar-refractivity contribution >= 4 is 30.7 Å². The van der Waals surface area contributed by atoms with Crippen molar-refractivity contribution in [3.05, 3.63) is 41.7 Å². The fraction of sp³-hybridized carbons (Fsp3) is 0.565. The van der Waals surface area contributed by atoms with Gasteiger partial charge in [0.05, 0.1) is 0 Å². The van der Waals surface area contributed by atoms with Crippen LogP contribution in [0.5, 0.6) is 0 Å². The fourth-order valence-corrected chi connectivity index (χ4v) is 5.77. The molecule has 0 spiro atoms. The van der Waals surface area contributed by atoms with E-state index in [9.17, 15) is 4.79 Å². The highest BCUT2D eigenvalue weighted by Crippen LogP contribution is 2.38. The zero-order valence-corrected chi connectivity index (χ0v) is 19.5. The number of nitrogens with zero attached hydrogens (tertiary/aromatic N) is 2. The quantitative estimate of drug-likeness (QED) is 0.718. The number of aryl methyl sites for hydroxylation is 1. The predicted molar refractivity (Wildman–Crippen MR) is 126 cm³/mol. The molecule has 3 saturated heterocycles. The summed E-state index contributed by atoms with van der Waals surface area (Å²) < 4.78 is 5.38. The summed E-state index contributed by atoms with van der Waals surface area (Å²) in [4.78, 5) is 15.9. The number of amides is 1. The van der Waals surface area contributed by atoms with Crippen molar-refractivity contribution in [1.82, 2.24) is 20.7 Å². The molecule has 1 aromatic carbocycles. The van der Waals surface area contributed by atoms with Crippen LogP contribution in [0.3, 0.4) is 0 Å². The highest BCUT2D eigenvalue weighted by Gasteiger charge is 2.45. The van der Waals surface area contributed by atoms with Gasteiger partial charge in [0.15, 0.2) is 0 Å². The monoisotopic (exact) mass is 466 g/mol. The lowest BCUT2D eigenvalue weighted by Crippen LogP contribution is -2.65. The minimum atomic E-state index is -0.0814. The summed E-state index contributed by atoms with van der Waals surface area (Å²) in [5.41, 5.74) is 2.09. The first-order valence-corrected chi connectivity index (χ1v) is 11.0. The molecule has 0 radical (unpaired) electrons. The van der Waals surface area contributed by atoms with Crippen molar-refractivity contribution in [1.29, 1.82) is 0 Å². The predicted octanol–water partition coefficient (Wildman–Crippen LogP) is 3.69. The van der Waals surface area contributed by atoms with E-state index in [4.69, 9.17) is 4.52 Å². The number of halogens is 2. The summed E-state index contributed by atoms with van der Waals surface area (Å²) in [6, 6.07) is 10.9. The molecule has 3 aliphatic rings. The van der Waals surface area contributed by atoms with Gasteiger partial charge < -0.3 is 15.2 Å². The Balaban J connectivity index is 0.00000136. The van der Waals surface area contributed by atoms with E-state index in [1.165, 1.54) is 32.2 Å². The van der Waals surface area contributed by atoms with E-state index in [0.717, 1.165) is 24.6 Å². The fourth-order valence-electron chi connectivity index (χ4n) is 5.77. The minimum Gasteiger partial charge on any atom is -0.360 e. The maximum Gasteiger partial charge on any atom is 0.257 e. The number of carbonyl (C=O) groups excluding carboxylic acids is 1. The number of hydrogen-bond donors (Lipinski definition) is 2. The van der Waals surface area contributed by atoms with Gasteiger partial charge in [-0.2, -0.15) is 0 Å². The van der Waals surface area contributed by atoms with Crippen LogP contribution < -0.4 is 10.6 Å². The minimum absolute atomic E-state index is 0. The maximum atomic E-state index is 13.2. The molecule has 170 valence electrons. The molecule has 2 N–H and O–H groups in total. The number of benzene rings is 1. The van der Waals surface area contributed by atoms with Crippen LogP contribution in [0.1, 0.15) is 41.8 Å². The average Bonchev–Trinajstić information content (AvgIpc) is 3.16. The molecule has 2 aromatic rings. The number of carbonyl (C=O) groups is 1. The second-order valence-electron chi connectivity index (χ2n) is 8.82. The summed E-state index contributed by atoms with van der Waals surface area (Å²) in [5, 5.41) is 11.0. The van der Waals surface area contributed by atoms with Crippen molar-refractivity contribution < 1.29 is 9.32 Å². The van der Waals surface area contributed by atoms with Crippen LogP contribution >= 0.6 is 24.8 Å². The van der Waals surface area contributed by atoms with Crippen molar-refractivity contribution in [2.75, 3.05) is 26.2 Å². The molecule has 2 bridgehead atoms. The Bertz CT molecular complexity index is 876. The van der Waals surface area contributed by atoms with Crippen LogP contribution in [-0.4, -0.2) is 54.2 Å². The molecule has 31 heavy (non-hydrogen) atoms. The van der Waals surface area contributed by atoms with Gasteiger partial charge in [-0.15, -0.1) is 24.8 Å². The van der Waals surface area contributed by atoms with Crippen LogP contribution in [0, 0.1) is 18.8 Å². The van der Waals surface area contributed by atoms with Gasteiger partial charge in [-0.05, 0) is 57.7 Å². The van der Waals surface area contributed by atoms with E-state index in [2.05, 4.69) is 20.7 Å². The molecule has 0 saturated carbocycles. The van der Waals surface area contributed by atoms with Crippen LogP contribution in [0.25, 0.3) is 11.3 Å². The third-order valence-electron chi connectivity index (χ3n) is 7.13. The van der Waals surface area contributed by atoms with Crippen LogP contribution in [0.15, 0.2) is 34.9 Å². The van der Waals surface area contributed by atoms with Crippen molar-refractivity contribution in [3.8, 4) is 11.3 Å². The van der Waals surface area contributed by atoms with E-state index in [-0.39, 0.29) is 30.7 Å². The molecule has 4 heterocycles. The zero-order chi connectivity index (χ0) is 19.8. The van der Waals surface area contributed by atoms with Gasteiger partial charge in [-0.25, -0.2) is 0 Å². The number of fused-ring (bicyclic) bond motifs is 4. The van der Waals surface area contributed by atoms with Gasteiger partial charge in [0.25, 0.3) is 5.91 Å². The van der Waals surface area contributed by atoms with Gasteiger partial charge in [0.1, 0.15) is 17.0 Å². The zero-order valence-electron chi connectivity index (χ0n) is 17.9. The number of piperidine rings is 3. The van der Waals surface area contributed by atoms with Crippen molar-refractivity contribution in [3.63, 3.8) is 0 Å². The number of aromatic nitrogens is 1. The van der Waals surface area contributed by atoms with E-state index in [1.54, 1.807) is 0 Å².